The van der Waals surface area contributed by atoms with Crippen LogP contribution in [0, 0.1) is 0 Å². The van der Waals surface area contributed by atoms with Crippen molar-refractivity contribution in [3.8, 4) is 0 Å². The molecule has 0 aromatic carbocycles. The zero-order chi connectivity index (χ0) is 8.97. The van der Waals surface area contributed by atoms with Crippen LogP contribution in [0.3, 0.4) is 0 Å². The molecular formula is C9H12N2S. The molecule has 0 saturated carbocycles. The van der Waals surface area contributed by atoms with Crippen LogP contribution in [0.15, 0.2) is 23.8 Å². The van der Waals surface area contributed by atoms with Gasteiger partial charge in [0.25, 0.3) is 0 Å². The fourth-order valence-electron chi connectivity index (χ4n) is 1.03. The molecule has 1 rings (SSSR count). The molecule has 0 bridgehead atoms. The molecule has 0 atom stereocenters. The number of aromatic nitrogens is 1. The van der Waals surface area contributed by atoms with Crippen LogP contribution >= 0.6 is 11.9 Å². The fraction of sp³-hybridized carbons (Fsp3) is 0.222. The van der Waals surface area contributed by atoms with Crippen molar-refractivity contribution in [3.05, 3.63) is 30.1 Å². The Balaban J connectivity index is 3.15. The van der Waals surface area contributed by atoms with Gasteiger partial charge in [0.05, 0.1) is 5.69 Å². The maximum Gasteiger partial charge on any atom is 0.0768 e. The molecule has 0 aliphatic rings. The lowest BCUT2D eigenvalue weighted by atomic mass is 10.2. The minimum Gasteiger partial charge on any atom is -0.294 e. The molecule has 0 amide bonds. The van der Waals surface area contributed by atoms with Crippen molar-refractivity contribution in [2.45, 2.75) is 0 Å². The zero-order valence-corrected chi connectivity index (χ0v) is 8.14. The Labute approximate surface area is 77.1 Å². The lowest BCUT2D eigenvalue weighted by Crippen LogP contribution is -1.92. The molecule has 1 aromatic rings. The Kier molecular flexibility index (Phi) is 3.17. The maximum atomic E-state index is 3.99. The number of nitrogens with zero attached hydrogens (tertiary/aromatic N) is 2. The van der Waals surface area contributed by atoms with E-state index in [4.69, 9.17) is 0 Å². The Hall–Kier alpha value is -0.960. The van der Waals surface area contributed by atoms with E-state index >= 15 is 0 Å². The summed E-state index contributed by atoms with van der Waals surface area (Å²) in [5.41, 5.74) is 2.22. The molecule has 2 nitrogen and oxygen atoms in total. The predicted molar refractivity (Wildman–Crippen MR) is 57.0 cm³/mol. The van der Waals surface area contributed by atoms with Crippen LogP contribution in [0.4, 0.5) is 0 Å². The van der Waals surface area contributed by atoms with Gasteiger partial charge in [0.2, 0.25) is 0 Å². The van der Waals surface area contributed by atoms with E-state index in [0.717, 1.165) is 11.3 Å². The van der Waals surface area contributed by atoms with E-state index in [-0.39, 0.29) is 0 Å². The van der Waals surface area contributed by atoms with E-state index in [0.29, 0.717) is 0 Å². The van der Waals surface area contributed by atoms with E-state index in [1.54, 1.807) is 19.0 Å². The number of hydrogen-bond acceptors (Lipinski definition) is 2. The summed E-state index contributed by atoms with van der Waals surface area (Å²) in [6.45, 7) is 3.74. The molecular weight excluding hydrogens is 168 g/mol. The molecule has 0 radical (unpaired) electrons. The van der Waals surface area contributed by atoms with E-state index in [9.17, 15) is 0 Å². The van der Waals surface area contributed by atoms with Gasteiger partial charge >= 0.3 is 0 Å². The highest BCUT2D eigenvalue weighted by molar-refractivity contribution is 7.97. The minimum absolute atomic E-state index is 1.10. The highest BCUT2D eigenvalue weighted by Gasteiger charge is 2.01. The standard InChI is InChI=1S/C9H12N2S/c1-4-8-5-6-11(12-3)9(8)7-10-2/h4-7H,1H2,2-3H3. The number of hydrogen-bond donors (Lipinski definition) is 0. The first-order valence-electron chi connectivity index (χ1n) is 3.64. The average Bonchev–Trinajstić information content (AvgIpc) is 2.48. The zero-order valence-electron chi connectivity index (χ0n) is 7.32. The van der Waals surface area contributed by atoms with Gasteiger partial charge in [0.15, 0.2) is 0 Å². The quantitative estimate of drug-likeness (QED) is 0.652. The maximum absolute atomic E-state index is 3.99. The Morgan fingerprint density at radius 1 is 1.67 bits per heavy atom. The molecule has 0 aliphatic carbocycles. The lowest BCUT2D eigenvalue weighted by molar-refractivity contribution is 1.26. The smallest absolute Gasteiger partial charge is 0.0768 e. The van der Waals surface area contributed by atoms with Crippen LogP contribution in [0.5, 0.6) is 0 Å². The summed E-state index contributed by atoms with van der Waals surface area (Å²) in [6, 6.07) is 2.03. The van der Waals surface area contributed by atoms with Crippen LogP contribution in [-0.4, -0.2) is 23.5 Å². The van der Waals surface area contributed by atoms with Gasteiger partial charge in [-0.25, -0.2) is 0 Å². The second-order valence-electron chi connectivity index (χ2n) is 2.26. The average molecular weight is 180 g/mol. The lowest BCUT2D eigenvalue weighted by Gasteiger charge is -1.99. The molecule has 0 N–H and O–H groups in total. The minimum atomic E-state index is 1.10. The first-order chi connectivity index (χ1) is 5.83. The summed E-state index contributed by atoms with van der Waals surface area (Å²) in [6.07, 6.45) is 7.72. The number of aliphatic imine (C=N–C) groups is 1. The molecule has 1 heterocycles. The van der Waals surface area contributed by atoms with Crippen molar-refractivity contribution in [2.24, 2.45) is 4.99 Å². The van der Waals surface area contributed by atoms with Gasteiger partial charge in [-0.2, -0.15) is 0 Å². The summed E-state index contributed by atoms with van der Waals surface area (Å²) in [5, 5.41) is 0. The van der Waals surface area contributed by atoms with Gasteiger partial charge in [-0.15, -0.1) is 0 Å². The largest absolute Gasteiger partial charge is 0.294 e. The van der Waals surface area contributed by atoms with Crippen LogP contribution in [0.1, 0.15) is 11.3 Å². The molecule has 3 heteroatoms. The van der Waals surface area contributed by atoms with E-state index in [1.165, 1.54) is 0 Å². The molecule has 64 valence electrons. The van der Waals surface area contributed by atoms with Crippen LogP contribution in [0.2, 0.25) is 0 Å². The van der Waals surface area contributed by atoms with Gasteiger partial charge in [0.1, 0.15) is 0 Å². The van der Waals surface area contributed by atoms with Crippen molar-refractivity contribution in [1.29, 1.82) is 0 Å². The SMILES string of the molecule is C=Cc1ccn(SC)c1C=NC. The third kappa shape index (κ3) is 1.61. The van der Waals surface area contributed by atoms with Gasteiger partial charge in [-0.05, 0) is 18.0 Å². The second kappa shape index (κ2) is 4.16. The molecule has 0 spiro atoms. The highest BCUT2D eigenvalue weighted by atomic mass is 32.2. The van der Waals surface area contributed by atoms with Crippen LogP contribution in [0.25, 0.3) is 6.08 Å². The topological polar surface area (TPSA) is 17.3 Å². The molecule has 1 aromatic heterocycles. The van der Waals surface area contributed by atoms with Gasteiger partial charge in [-0.3, -0.25) is 8.96 Å². The Morgan fingerprint density at radius 3 is 2.92 bits per heavy atom. The molecule has 12 heavy (non-hydrogen) atoms. The normalized spacial score (nSPS) is 10.8. The second-order valence-corrected chi connectivity index (χ2v) is 3.01. The van der Waals surface area contributed by atoms with Gasteiger partial charge < -0.3 is 0 Å². The van der Waals surface area contributed by atoms with Crippen molar-refractivity contribution in [1.82, 2.24) is 3.97 Å². The van der Waals surface area contributed by atoms with Crippen LogP contribution < -0.4 is 0 Å². The van der Waals surface area contributed by atoms with E-state index < -0.39 is 0 Å². The van der Waals surface area contributed by atoms with Crippen molar-refractivity contribution in [2.75, 3.05) is 13.3 Å². The summed E-state index contributed by atoms with van der Waals surface area (Å²) in [5.74, 6) is 0. The summed E-state index contributed by atoms with van der Waals surface area (Å²) >= 11 is 1.65. The van der Waals surface area contributed by atoms with Crippen molar-refractivity contribution >= 4 is 24.2 Å². The highest BCUT2D eigenvalue weighted by Crippen LogP contribution is 2.14. The van der Waals surface area contributed by atoms with Gasteiger partial charge in [-0.1, -0.05) is 12.7 Å². The summed E-state index contributed by atoms with van der Waals surface area (Å²) in [4.78, 5) is 3.99. The summed E-state index contributed by atoms with van der Waals surface area (Å²) < 4.78 is 2.06. The molecule has 0 fully saturated rings. The van der Waals surface area contributed by atoms with Crippen LogP contribution in [-0.2, 0) is 0 Å². The predicted octanol–water partition coefficient (Wildman–Crippen LogP) is 2.31. The fourth-order valence-corrected chi connectivity index (χ4v) is 1.56. The number of rotatable bonds is 3. The Bertz CT molecular complexity index is 299. The van der Waals surface area contributed by atoms with Gasteiger partial charge in [0, 0.05) is 31.3 Å². The summed E-state index contributed by atoms with van der Waals surface area (Å²) in [7, 11) is 1.77. The molecule has 0 saturated heterocycles. The first-order valence-corrected chi connectivity index (χ1v) is 4.82. The third-order valence-corrected chi connectivity index (χ3v) is 2.30. The Morgan fingerprint density at radius 2 is 2.42 bits per heavy atom. The first kappa shape index (κ1) is 9.13. The van der Waals surface area contributed by atoms with E-state index in [2.05, 4.69) is 15.5 Å². The van der Waals surface area contributed by atoms with Crippen molar-refractivity contribution in [3.63, 3.8) is 0 Å². The molecule has 0 unspecified atom stereocenters. The monoisotopic (exact) mass is 180 g/mol. The van der Waals surface area contributed by atoms with E-state index in [1.807, 2.05) is 30.8 Å². The van der Waals surface area contributed by atoms with Crippen molar-refractivity contribution < 1.29 is 0 Å². The molecule has 0 aliphatic heterocycles. The third-order valence-electron chi connectivity index (χ3n) is 1.59.